The summed E-state index contributed by atoms with van der Waals surface area (Å²) >= 11 is 0. The Labute approximate surface area is 148 Å². The summed E-state index contributed by atoms with van der Waals surface area (Å²) in [5, 5.41) is 0. The third-order valence-electron chi connectivity index (χ3n) is 3.29. The van der Waals surface area contributed by atoms with E-state index in [2.05, 4.69) is 9.97 Å². The quantitative estimate of drug-likeness (QED) is 0.684. The second-order valence-corrected chi connectivity index (χ2v) is 5.12. The molecule has 0 atom stereocenters. The van der Waals surface area contributed by atoms with Crippen LogP contribution in [0.2, 0.25) is 0 Å². The van der Waals surface area contributed by atoms with Crippen LogP contribution in [0, 0.1) is 0 Å². The van der Waals surface area contributed by atoms with Crippen LogP contribution in [0.5, 0.6) is 11.8 Å². The van der Waals surface area contributed by atoms with Crippen molar-refractivity contribution in [2.45, 2.75) is 0 Å². The average Bonchev–Trinajstić information content (AvgIpc) is 2.66. The molecule has 130 valence electrons. The van der Waals surface area contributed by atoms with Gasteiger partial charge in [-0.1, -0.05) is 36.4 Å². The maximum absolute atomic E-state index is 12.1. The van der Waals surface area contributed by atoms with Crippen LogP contribution in [0.25, 0.3) is 0 Å². The molecule has 0 radical (unpaired) electrons. The van der Waals surface area contributed by atoms with Crippen LogP contribution in [-0.2, 0) is 0 Å². The van der Waals surface area contributed by atoms with Crippen LogP contribution in [-0.4, -0.2) is 21.9 Å². The van der Waals surface area contributed by atoms with E-state index in [0.717, 1.165) is 0 Å². The van der Waals surface area contributed by atoms with Crippen LogP contribution in [0.4, 0.5) is 11.6 Å². The molecule has 3 rings (SSSR count). The fourth-order valence-electron chi connectivity index (χ4n) is 2.04. The fourth-order valence-corrected chi connectivity index (χ4v) is 2.04. The third kappa shape index (κ3) is 3.75. The summed E-state index contributed by atoms with van der Waals surface area (Å²) in [6.07, 6.45) is 0. The SMILES string of the molecule is Nc1nc(OC(=O)c2ccccc2)c(N)c(OC(=O)c2ccccc2)n1. The number of hydrogen-bond acceptors (Lipinski definition) is 8. The number of ether oxygens (including phenoxy) is 2. The predicted octanol–water partition coefficient (Wildman–Crippen LogP) is 2.08. The smallest absolute Gasteiger partial charge is 0.344 e. The Hall–Kier alpha value is -3.94. The molecular weight excluding hydrogens is 336 g/mol. The van der Waals surface area contributed by atoms with Crippen molar-refractivity contribution in [2.75, 3.05) is 11.5 Å². The molecule has 1 aromatic heterocycles. The number of nitrogens with two attached hydrogens (primary N) is 2. The molecule has 0 fully saturated rings. The fraction of sp³-hybridized carbons (Fsp3) is 0. The molecular formula is C18H14N4O4. The summed E-state index contributed by atoms with van der Waals surface area (Å²) in [5.74, 6) is -2.21. The van der Waals surface area contributed by atoms with Gasteiger partial charge in [0, 0.05) is 0 Å². The molecule has 0 amide bonds. The largest absolute Gasteiger partial charge is 0.401 e. The zero-order valence-corrected chi connectivity index (χ0v) is 13.5. The Morgan fingerprint density at radius 3 is 1.46 bits per heavy atom. The molecule has 8 nitrogen and oxygen atoms in total. The second kappa shape index (κ2) is 7.31. The maximum atomic E-state index is 12.1. The molecule has 0 spiro atoms. The van der Waals surface area contributed by atoms with Crippen molar-refractivity contribution in [1.82, 2.24) is 9.97 Å². The van der Waals surface area contributed by atoms with Gasteiger partial charge >= 0.3 is 11.9 Å². The van der Waals surface area contributed by atoms with Gasteiger partial charge in [0.05, 0.1) is 11.1 Å². The number of nitrogen functional groups attached to an aromatic ring is 2. The monoisotopic (exact) mass is 350 g/mol. The molecule has 0 bridgehead atoms. The highest BCUT2D eigenvalue weighted by atomic mass is 16.6. The zero-order valence-electron chi connectivity index (χ0n) is 13.5. The van der Waals surface area contributed by atoms with E-state index in [4.69, 9.17) is 20.9 Å². The lowest BCUT2D eigenvalue weighted by Gasteiger charge is -2.10. The molecule has 26 heavy (non-hydrogen) atoms. The van der Waals surface area contributed by atoms with Gasteiger partial charge in [-0.25, -0.2) is 9.59 Å². The minimum Gasteiger partial charge on any atom is -0.401 e. The lowest BCUT2D eigenvalue weighted by molar-refractivity contribution is 0.0726. The maximum Gasteiger partial charge on any atom is 0.344 e. The topological polar surface area (TPSA) is 130 Å². The highest BCUT2D eigenvalue weighted by Crippen LogP contribution is 2.30. The number of anilines is 2. The second-order valence-electron chi connectivity index (χ2n) is 5.12. The number of nitrogens with zero attached hydrogens (tertiary/aromatic N) is 2. The van der Waals surface area contributed by atoms with E-state index in [9.17, 15) is 9.59 Å². The third-order valence-corrected chi connectivity index (χ3v) is 3.29. The van der Waals surface area contributed by atoms with E-state index in [0.29, 0.717) is 11.1 Å². The van der Waals surface area contributed by atoms with E-state index in [1.807, 2.05) is 0 Å². The van der Waals surface area contributed by atoms with Gasteiger partial charge in [-0.3, -0.25) is 0 Å². The number of benzene rings is 2. The Morgan fingerprint density at radius 1 is 0.692 bits per heavy atom. The van der Waals surface area contributed by atoms with Gasteiger partial charge in [0.2, 0.25) is 5.95 Å². The molecule has 0 aliphatic heterocycles. The van der Waals surface area contributed by atoms with Crippen molar-refractivity contribution in [3.8, 4) is 11.8 Å². The number of carbonyl (C=O) groups is 2. The van der Waals surface area contributed by atoms with Crippen molar-refractivity contribution < 1.29 is 19.1 Å². The Balaban J connectivity index is 1.84. The van der Waals surface area contributed by atoms with Gasteiger partial charge in [0.25, 0.3) is 11.8 Å². The molecule has 0 aliphatic rings. The summed E-state index contributed by atoms with van der Waals surface area (Å²) in [6.45, 7) is 0. The number of carbonyl (C=O) groups excluding carboxylic acids is 2. The number of esters is 2. The van der Waals surface area contributed by atoms with Gasteiger partial charge in [-0.15, -0.1) is 0 Å². The minimum atomic E-state index is -0.685. The minimum absolute atomic E-state index is 0.215. The first-order valence-corrected chi connectivity index (χ1v) is 7.52. The average molecular weight is 350 g/mol. The zero-order chi connectivity index (χ0) is 18.5. The summed E-state index contributed by atoms with van der Waals surface area (Å²) in [6, 6.07) is 16.5. The van der Waals surface area contributed by atoms with Crippen molar-refractivity contribution in [3.63, 3.8) is 0 Å². The molecule has 4 N–H and O–H groups in total. The Morgan fingerprint density at radius 2 is 1.08 bits per heavy atom. The number of aromatic nitrogens is 2. The molecule has 8 heteroatoms. The van der Waals surface area contributed by atoms with E-state index in [1.165, 1.54) is 0 Å². The summed E-state index contributed by atoms with van der Waals surface area (Å²) in [5.41, 5.74) is 11.8. The highest BCUT2D eigenvalue weighted by Gasteiger charge is 2.20. The number of rotatable bonds is 4. The summed E-state index contributed by atoms with van der Waals surface area (Å²) in [4.78, 5) is 31.9. The van der Waals surface area contributed by atoms with Crippen molar-refractivity contribution >= 4 is 23.6 Å². The molecule has 0 saturated heterocycles. The van der Waals surface area contributed by atoms with Crippen LogP contribution in [0.3, 0.4) is 0 Å². The van der Waals surface area contributed by atoms with Gasteiger partial charge in [-0.2, -0.15) is 9.97 Å². The lowest BCUT2D eigenvalue weighted by Crippen LogP contribution is -2.15. The standard InChI is InChI=1S/C18H14N4O4/c19-13-14(25-16(23)11-7-3-1-4-8-11)21-18(20)22-15(13)26-17(24)12-9-5-2-6-10-12/h1-10H,19H2,(H2,20,21,22). The van der Waals surface area contributed by atoms with Crippen LogP contribution in [0.1, 0.15) is 20.7 Å². The molecule has 3 aromatic rings. The highest BCUT2D eigenvalue weighted by molar-refractivity contribution is 5.93. The van der Waals surface area contributed by atoms with Gasteiger partial charge in [-0.05, 0) is 24.3 Å². The molecule has 0 unspecified atom stereocenters. The van der Waals surface area contributed by atoms with Crippen LogP contribution >= 0.6 is 0 Å². The van der Waals surface area contributed by atoms with Gasteiger partial charge in [0.1, 0.15) is 0 Å². The predicted molar refractivity (Wildman–Crippen MR) is 93.7 cm³/mol. The molecule has 1 heterocycles. The normalized spacial score (nSPS) is 10.2. The van der Waals surface area contributed by atoms with E-state index in [1.54, 1.807) is 60.7 Å². The first-order valence-electron chi connectivity index (χ1n) is 7.52. The molecule has 0 saturated carbocycles. The van der Waals surface area contributed by atoms with Gasteiger partial charge in [0.15, 0.2) is 5.69 Å². The van der Waals surface area contributed by atoms with Crippen LogP contribution < -0.4 is 20.9 Å². The molecule has 0 aliphatic carbocycles. The van der Waals surface area contributed by atoms with Gasteiger partial charge < -0.3 is 20.9 Å². The Kier molecular flexibility index (Phi) is 4.75. The molecule has 2 aromatic carbocycles. The first-order chi connectivity index (χ1) is 12.5. The van der Waals surface area contributed by atoms with Crippen molar-refractivity contribution in [3.05, 3.63) is 71.8 Å². The first kappa shape index (κ1) is 16.9. The Bertz CT molecular complexity index is 871. The summed E-state index contributed by atoms with van der Waals surface area (Å²) in [7, 11) is 0. The van der Waals surface area contributed by atoms with Crippen molar-refractivity contribution in [2.24, 2.45) is 0 Å². The van der Waals surface area contributed by atoms with E-state index >= 15 is 0 Å². The number of hydrogen-bond donors (Lipinski definition) is 2. The van der Waals surface area contributed by atoms with E-state index < -0.39 is 11.9 Å². The summed E-state index contributed by atoms with van der Waals surface area (Å²) < 4.78 is 10.3. The van der Waals surface area contributed by atoms with Crippen molar-refractivity contribution in [1.29, 1.82) is 0 Å². The van der Waals surface area contributed by atoms with E-state index in [-0.39, 0.29) is 23.4 Å². The van der Waals surface area contributed by atoms with Crippen LogP contribution in [0.15, 0.2) is 60.7 Å². The lowest BCUT2D eigenvalue weighted by atomic mass is 10.2.